The van der Waals surface area contributed by atoms with E-state index in [1.165, 1.54) is 10.6 Å². The smallest absolute Gasteiger partial charge is 0.242 e. The molecule has 192 valence electrons. The molecule has 0 saturated carbocycles. The van der Waals surface area contributed by atoms with Crippen molar-refractivity contribution < 1.29 is 18.0 Å². The predicted octanol–water partition coefficient (Wildman–Crippen LogP) is 4.18. The molecule has 0 unspecified atom stereocenters. The summed E-state index contributed by atoms with van der Waals surface area (Å²) in [6.07, 6.45) is 2.44. The van der Waals surface area contributed by atoms with Gasteiger partial charge < -0.3 is 10.2 Å². The van der Waals surface area contributed by atoms with Crippen LogP contribution in [0.25, 0.3) is 0 Å². The van der Waals surface area contributed by atoms with E-state index in [2.05, 4.69) is 5.32 Å². The Morgan fingerprint density at radius 3 is 2.14 bits per heavy atom. The lowest BCUT2D eigenvalue weighted by atomic mass is 10.1. The van der Waals surface area contributed by atoms with Crippen LogP contribution in [0.15, 0.2) is 48.5 Å². The van der Waals surface area contributed by atoms with Crippen molar-refractivity contribution in [3.8, 4) is 0 Å². The molecule has 0 saturated heterocycles. The number of aryl methyl sites for hydroxylation is 2. The summed E-state index contributed by atoms with van der Waals surface area (Å²) < 4.78 is 26.4. The number of nitrogens with zero attached hydrogens (tertiary/aromatic N) is 2. The van der Waals surface area contributed by atoms with Crippen molar-refractivity contribution in [2.75, 3.05) is 17.1 Å². The van der Waals surface area contributed by atoms with Crippen molar-refractivity contribution >= 4 is 27.5 Å². The van der Waals surface area contributed by atoms with Crippen molar-refractivity contribution in [2.24, 2.45) is 0 Å². The highest BCUT2D eigenvalue weighted by molar-refractivity contribution is 7.92. The molecule has 2 aromatic rings. The molecule has 0 fully saturated rings. The van der Waals surface area contributed by atoms with Crippen LogP contribution in [0.5, 0.6) is 0 Å². The zero-order chi connectivity index (χ0) is 26.2. The highest BCUT2D eigenvalue weighted by Crippen LogP contribution is 2.22. The maximum Gasteiger partial charge on any atom is 0.242 e. The Morgan fingerprint density at radius 1 is 1.00 bits per heavy atom. The summed E-state index contributed by atoms with van der Waals surface area (Å²) in [5, 5.41) is 2.96. The molecule has 2 aromatic carbocycles. The lowest BCUT2D eigenvalue weighted by molar-refractivity contribution is -0.140. The molecule has 0 heterocycles. The summed E-state index contributed by atoms with van der Waals surface area (Å²) >= 11 is 0. The Hall–Kier alpha value is -2.87. The van der Waals surface area contributed by atoms with E-state index in [0.29, 0.717) is 18.7 Å². The van der Waals surface area contributed by atoms with E-state index in [4.69, 9.17) is 0 Å². The number of hydrogen-bond donors (Lipinski definition) is 1. The van der Waals surface area contributed by atoms with Crippen LogP contribution in [0.3, 0.4) is 0 Å². The minimum atomic E-state index is -3.52. The highest BCUT2D eigenvalue weighted by atomic mass is 32.2. The van der Waals surface area contributed by atoms with Gasteiger partial charge >= 0.3 is 0 Å². The van der Waals surface area contributed by atoms with Gasteiger partial charge in [-0.25, -0.2) is 8.42 Å². The van der Waals surface area contributed by atoms with Crippen molar-refractivity contribution in [1.82, 2.24) is 10.2 Å². The molecular weight excluding hydrogens is 462 g/mol. The fraction of sp³-hybridized carbons (Fsp3) is 0.481. The highest BCUT2D eigenvalue weighted by Gasteiger charge is 2.27. The molecule has 7 nitrogen and oxygen atoms in total. The molecule has 0 bridgehead atoms. The third kappa shape index (κ3) is 8.69. The topological polar surface area (TPSA) is 86.8 Å². The molecule has 1 N–H and O–H groups in total. The number of amides is 2. The summed E-state index contributed by atoms with van der Waals surface area (Å²) in [6, 6.07) is 14.6. The molecular formula is C27H39N3O4S. The summed E-state index contributed by atoms with van der Waals surface area (Å²) in [6.45, 7) is 9.99. The van der Waals surface area contributed by atoms with Gasteiger partial charge in [0.05, 0.1) is 11.9 Å². The average molecular weight is 502 g/mol. The predicted molar refractivity (Wildman–Crippen MR) is 142 cm³/mol. The minimum absolute atomic E-state index is 0.0136. The fourth-order valence-corrected chi connectivity index (χ4v) is 4.88. The number of benzene rings is 2. The molecule has 8 heteroatoms. The number of rotatable bonds is 12. The minimum Gasteiger partial charge on any atom is -0.352 e. The number of nitrogens with one attached hydrogen (secondary N) is 1. The first-order chi connectivity index (χ1) is 16.4. The Balaban J connectivity index is 2.17. The van der Waals surface area contributed by atoms with E-state index < -0.39 is 16.1 Å². The number of carbonyl (C=O) groups is 2. The number of sulfonamides is 1. The van der Waals surface area contributed by atoms with Crippen molar-refractivity contribution in [3.05, 3.63) is 65.2 Å². The van der Waals surface area contributed by atoms with Gasteiger partial charge in [-0.2, -0.15) is 0 Å². The molecule has 2 amide bonds. The molecule has 0 spiro atoms. The van der Waals surface area contributed by atoms with Gasteiger partial charge in [0.15, 0.2) is 0 Å². The van der Waals surface area contributed by atoms with Gasteiger partial charge in [-0.15, -0.1) is 0 Å². The number of hydrogen-bond acceptors (Lipinski definition) is 4. The molecule has 2 atom stereocenters. The Bertz CT molecular complexity index is 1080. The van der Waals surface area contributed by atoms with Gasteiger partial charge in [0.2, 0.25) is 21.8 Å². The summed E-state index contributed by atoms with van der Waals surface area (Å²) in [4.78, 5) is 27.7. The van der Waals surface area contributed by atoms with Gasteiger partial charge in [0.1, 0.15) is 6.04 Å². The number of carbonyl (C=O) groups excluding carboxylic acids is 2. The van der Waals surface area contributed by atoms with E-state index in [1.807, 2.05) is 76.2 Å². The first kappa shape index (κ1) is 28.4. The van der Waals surface area contributed by atoms with Crippen LogP contribution in [-0.2, 0) is 26.2 Å². The van der Waals surface area contributed by atoms with E-state index in [-0.39, 0.29) is 30.8 Å². The molecule has 0 aliphatic rings. The second-order valence-electron chi connectivity index (χ2n) is 9.29. The maximum atomic E-state index is 13.3. The maximum absolute atomic E-state index is 13.3. The zero-order valence-corrected chi connectivity index (χ0v) is 22.6. The summed E-state index contributed by atoms with van der Waals surface area (Å²) in [7, 11) is -3.52. The normalized spacial score (nSPS) is 13.1. The van der Waals surface area contributed by atoms with E-state index in [1.54, 1.807) is 11.8 Å². The second-order valence-corrected chi connectivity index (χ2v) is 11.2. The lowest BCUT2D eigenvalue weighted by Crippen LogP contribution is -2.49. The largest absolute Gasteiger partial charge is 0.352 e. The lowest BCUT2D eigenvalue weighted by Gasteiger charge is -2.30. The molecule has 0 aliphatic heterocycles. The quantitative estimate of drug-likeness (QED) is 0.473. The zero-order valence-electron chi connectivity index (χ0n) is 21.7. The van der Waals surface area contributed by atoms with E-state index in [9.17, 15) is 18.0 Å². The Kier molecular flexibility index (Phi) is 10.3. The monoisotopic (exact) mass is 501 g/mol. The Morgan fingerprint density at radius 2 is 1.60 bits per heavy atom. The van der Waals surface area contributed by atoms with E-state index in [0.717, 1.165) is 23.1 Å². The van der Waals surface area contributed by atoms with Gasteiger partial charge in [-0.1, -0.05) is 43.3 Å². The van der Waals surface area contributed by atoms with Gasteiger partial charge in [0.25, 0.3) is 0 Å². The molecule has 2 rings (SSSR count). The molecule has 0 aliphatic carbocycles. The van der Waals surface area contributed by atoms with E-state index >= 15 is 0 Å². The van der Waals surface area contributed by atoms with Crippen molar-refractivity contribution in [2.45, 2.75) is 72.5 Å². The molecule has 0 radical (unpaired) electrons. The van der Waals surface area contributed by atoms with Crippen molar-refractivity contribution in [1.29, 1.82) is 0 Å². The molecule has 0 aromatic heterocycles. The van der Waals surface area contributed by atoms with Crippen LogP contribution < -0.4 is 9.62 Å². The standard InChI is InChI=1S/C27H39N3O4S/c1-7-22(4)28-27(32)23(5)29(19-24-12-9-8-10-13-24)26(31)14-11-15-30(35(6,33)34)25-17-20(2)16-21(3)18-25/h8-10,12-13,16-18,22-23H,7,11,14-15,19H2,1-6H3,(H,28,32)/t22-,23+/m0/s1. The van der Waals surface area contributed by atoms with Crippen LogP contribution in [0.4, 0.5) is 5.69 Å². The second kappa shape index (κ2) is 12.7. The van der Waals surface area contributed by atoms with Gasteiger partial charge in [-0.3, -0.25) is 13.9 Å². The Labute approximate surface area is 210 Å². The number of anilines is 1. The van der Waals surface area contributed by atoms with Crippen LogP contribution in [0, 0.1) is 13.8 Å². The molecule has 35 heavy (non-hydrogen) atoms. The summed E-state index contributed by atoms with van der Waals surface area (Å²) in [5.41, 5.74) is 3.47. The van der Waals surface area contributed by atoms with Crippen LogP contribution >= 0.6 is 0 Å². The first-order valence-corrected chi connectivity index (χ1v) is 14.0. The van der Waals surface area contributed by atoms with Crippen LogP contribution in [0.2, 0.25) is 0 Å². The van der Waals surface area contributed by atoms with Crippen LogP contribution in [-0.4, -0.2) is 50.0 Å². The van der Waals surface area contributed by atoms with Crippen LogP contribution in [0.1, 0.15) is 56.7 Å². The van der Waals surface area contributed by atoms with Gasteiger partial charge in [-0.05, 0) is 69.4 Å². The summed E-state index contributed by atoms with van der Waals surface area (Å²) in [5.74, 6) is -0.383. The first-order valence-electron chi connectivity index (χ1n) is 12.1. The third-order valence-corrected chi connectivity index (χ3v) is 7.20. The SMILES string of the molecule is CC[C@H](C)NC(=O)[C@@H](C)N(Cc1ccccc1)C(=O)CCCN(c1cc(C)cc(C)c1)S(C)(=O)=O. The van der Waals surface area contributed by atoms with Crippen molar-refractivity contribution in [3.63, 3.8) is 0 Å². The fourth-order valence-electron chi connectivity index (χ4n) is 3.93. The van der Waals surface area contributed by atoms with Gasteiger partial charge in [0, 0.05) is 25.6 Å². The third-order valence-electron chi connectivity index (χ3n) is 6.01. The average Bonchev–Trinajstić information content (AvgIpc) is 2.78.